The predicted octanol–water partition coefficient (Wildman–Crippen LogP) is 2.30. The van der Waals surface area contributed by atoms with Crippen molar-refractivity contribution in [1.29, 1.82) is 0 Å². The van der Waals surface area contributed by atoms with Crippen LogP contribution in [0.2, 0.25) is 0 Å². The van der Waals surface area contributed by atoms with Crippen LogP contribution in [-0.4, -0.2) is 48.2 Å². The predicted molar refractivity (Wildman–Crippen MR) is 81.4 cm³/mol. The van der Waals surface area contributed by atoms with E-state index in [2.05, 4.69) is 0 Å². The van der Waals surface area contributed by atoms with Gasteiger partial charge in [0.2, 0.25) is 5.91 Å². The maximum absolute atomic E-state index is 12.9. The van der Waals surface area contributed by atoms with Crippen molar-refractivity contribution in [2.45, 2.75) is 51.9 Å². The Bertz CT molecular complexity index is 450. The summed E-state index contributed by atoms with van der Waals surface area (Å²) in [5.41, 5.74) is -0.184. The lowest BCUT2D eigenvalue weighted by Crippen LogP contribution is -2.51. The van der Waals surface area contributed by atoms with E-state index in [1.165, 1.54) is 0 Å². The Balaban J connectivity index is 1.54. The third-order valence-corrected chi connectivity index (χ3v) is 6.23. The Labute approximate surface area is 132 Å². The molecule has 0 aromatic carbocycles. The summed E-state index contributed by atoms with van der Waals surface area (Å²) < 4.78 is 5.45. The molecule has 1 unspecified atom stereocenters. The first-order valence-electron chi connectivity index (χ1n) is 8.63. The van der Waals surface area contributed by atoms with Crippen LogP contribution in [0.25, 0.3) is 0 Å². The molecule has 5 heteroatoms. The lowest BCUT2D eigenvalue weighted by atomic mass is 9.65. The van der Waals surface area contributed by atoms with Gasteiger partial charge in [-0.2, -0.15) is 0 Å². The molecule has 3 aliphatic rings. The molecule has 0 aromatic heterocycles. The van der Waals surface area contributed by atoms with Crippen LogP contribution in [-0.2, 0) is 14.3 Å². The van der Waals surface area contributed by atoms with E-state index in [0.29, 0.717) is 19.1 Å². The van der Waals surface area contributed by atoms with Gasteiger partial charge >= 0.3 is 5.97 Å². The second kappa shape index (κ2) is 5.84. The number of nitrogens with zero attached hydrogens (tertiary/aromatic N) is 1. The number of rotatable bonds is 6. The first kappa shape index (κ1) is 15.8. The zero-order chi connectivity index (χ0) is 15.8. The summed E-state index contributed by atoms with van der Waals surface area (Å²) in [5.74, 6) is -0.534. The number of hydrogen-bond acceptors (Lipinski definition) is 3. The van der Waals surface area contributed by atoms with Crippen LogP contribution in [0.15, 0.2) is 0 Å². The van der Waals surface area contributed by atoms with Gasteiger partial charge in [-0.05, 0) is 50.9 Å². The van der Waals surface area contributed by atoms with Crippen molar-refractivity contribution in [3.05, 3.63) is 0 Å². The summed E-state index contributed by atoms with van der Waals surface area (Å²) in [6, 6.07) is 0. The quantitative estimate of drug-likeness (QED) is 0.765. The number of carbonyl (C=O) groups excluding carboxylic acids is 1. The fourth-order valence-electron chi connectivity index (χ4n) is 4.33. The highest BCUT2D eigenvalue weighted by Gasteiger charge is 2.59. The van der Waals surface area contributed by atoms with E-state index in [1.807, 2.05) is 11.8 Å². The number of hydrogen-bond donors (Lipinski definition) is 1. The maximum atomic E-state index is 12.9. The molecule has 2 aliphatic carbocycles. The van der Waals surface area contributed by atoms with E-state index >= 15 is 0 Å². The van der Waals surface area contributed by atoms with Gasteiger partial charge in [0.05, 0.1) is 11.3 Å². The molecule has 124 valence electrons. The number of amides is 1. The van der Waals surface area contributed by atoms with Crippen molar-refractivity contribution in [1.82, 2.24) is 4.90 Å². The van der Waals surface area contributed by atoms with Crippen molar-refractivity contribution in [2.24, 2.45) is 16.7 Å². The minimum absolute atomic E-state index is 0.000706. The van der Waals surface area contributed by atoms with Crippen LogP contribution in [0.5, 0.6) is 0 Å². The van der Waals surface area contributed by atoms with Crippen LogP contribution in [0.4, 0.5) is 0 Å². The average Bonchev–Trinajstić information content (AvgIpc) is 3.16. The third kappa shape index (κ3) is 2.64. The highest BCUT2D eigenvalue weighted by Crippen LogP contribution is 2.59. The standard InChI is InChI=1S/C17H27NO4/c1-2-22-11-8-16(4-3-5-16)15(21)18-9-6-17(7-10-18)12-13(17)14(19)20/h13H,2-12H2,1H3,(H,19,20). The molecule has 1 N–H and O–H groups in total. The normalized spacial score (nSPS) is 28.2. The Kier molecular flexibility index (Phi) is 4.19. The summed E-state index contributed by atoms with van der Waals surface area (Å²) in [6.45, 7) is 4.82. The molecule has 3 fully saturated rings. The van der Waals surface area contributed by atoms with Gasteiger partial charge in [0.25, 0.3) is 0 Å². The largest absolute Gasteiger partial charge is 0.481 e. The lowest BCUT2D eigenvalue weighted by molar-refractivity contribution is -0.151. The topological polar surface area (TPSA) is 66.8 Å². The van der Waals surface area contributed by atoms with E-state index in [9.17, 15) is 9.59 Å². The molecule has 0 aromatic rings. The zero-order valence-corrected chi connectivity index (χ0v) is 13.5. The Hall–Kier alpha value is -1.10. The minimum Gasteiger partial charge on any atom is -0.481 e. The van der Waals surface area contributed by atoms with Crippen molar-refractivity contribution in [3.8, 4) is 0 Å². The highest BCUT2D eigenvalue weighted by molar-refractivity contribution is 5.84. The van der Waals surface area contributed by atoms with E-state index < -0.39 is 5.97 Å². The Morgan fingerprint density at radius 3 is 2.36 bits per heavy atom. The summed E-state index contributed by atoms with van der Waals surface area (Å²) in [5, 5.41) is 9.15. The second-order valence-electron chi connectivity index (χ2n) is 7.33. The smallest absolute Gasteiger partial charge is 0.307 e. The van der Waals surface area contributed by atoms with E-state index in [0.717, 1.165) is 58.0 Å². The van der Waals surface area contributed by atoms with Gasteiger partial charge in [0, 0.05) is 26.3 Å². The van der Waals surface area contributed by atoms with Crippen molar-refractivity contribution in [2.75, 3.05) is 26.3 Å². The van der Waals surface area contributed by atoms with Gasteiger partial charge in [-0.3, -0.25) is 9.59 Å². The molecule has 3 rings (SSSR count). The van der Waals surface area contributed by atoms with Gasteiger partial charge in [-0.15, -0.1) is 0 Å². The van der Waals surface area contributed by atoms with Gasteiger partial charge in [-0.25, -0.2) is 0 Å². The molecule has 1 atom stereocenters. The highest BCUT2D eigenvalue weighted by atomic mass is 16.5. The number of aliphatic carboxylic acids is 1. The van der Waals surface area contributed by atoms with Crippen molar-refractivity contribution >= 4 is 11.9 Å². The minimum atomic E-state index is -0.660. The van der Waals surface area contributed by atoms with E-state index in [4.69, 9.17) is 9.84 Å². The number of piperidine rings is 1. The first-order valence-corrected chi connectivity index (χ1v) is 8.63. The maximum Gasteiger partial charge on any atom is 0.307 e. The van der Waals surface area contributed by atoms with Crippen LogP contribution in [0, 0.1) is 16.7 Å². The van der Waals surface area contributed by atoms with Crippen LogP contribution in [0.1, 0.15) is 51.9 Å². The molecule has 0 bridgehead atoms. The third-order valence-electron chi connectivity index (χ3n) is 6.23. The average molecular weight is 309 g/mol. The molecule has 2 saturated carbocycles. The van der Waals surface area contributed by atoms with Crippen molar-refractivity contribution < 1.29 is 19.4 Å². The molecule has 1 saturated heterocycles. The monoisotopic (exact) mass is 309 g/mol. The first-order chi connectivity index (χ1) is 10.5. The van der Waals surface area contributed by atoms with Gasteiger partial charge < -0.3 is 14.7 Å². The van der Waals surface area contributed by atoms with Gasteiger partial charge in [-0.1, -0.05) is 6.42 Å². The van der Waals surface area contributed by atoms with Gasteiger partial charge in [0.1, 0.15) is 0 Å². The summed E-state index contributed by atoms with van der Waals surface area (Å²) in [7, 11) is 0. The van der Waals surface area contributed by atoms with Crippen LogP contribution >= 0.6 is 0 Å². The van der Waals surface area contributed by atoms with Crippen LogP contribution in [0.3, 0.4) is 0 Å². The zero-order valence-electron chi connectivity index (χ0n) is 13.5. The fraction of sp³-hybridized carbons (Fsp3) is 0.882. The molecule has 5 nitrogen and oxygen atoms in total. The van der Waals surface area contributed by atoms with Crippen LogP contribution < -0.4 is 0 Å². The Morgan fingerprint density at radius 1 is 1.23 bits per heavy atom. The number of ether oxygens (including phenoxy) is 1. The second-order valence-corrected chi connectivity index (χ2v) is 7.33. The van der Waals surface area contributed by atoms with Crippen molar-refractivity contribution in [3.63, 3.8) is 0 Å². The molecule has 1 aliphatic heterocycles. The molecule has 22 heavy (non-hydrogen) atoms. The number of carboxylic acids is 1. The summed E-state index contributed by atoms with van der Waals surface area (Å²) >= 11 is 0. The SMILES string of the molecule is CCOCCC1(C(=O)N2CCC3(CC2)CC3C(=O)O)CCC1. The van der Waals surface area contributed by atoms with E-state index in [-0.39, 0.29) is 16.7 Å². The van der Waals surface area contributed by atoms with Gasteiger partial charge in [0.15, 0.2) is 0 Å². The number of carbonyl (C=O) groups is 2. The summed E-state index contributed by atoms with van der Waals surface area (Å²) in [6.07, 6.45) is 6.46. The summed E-state index contributed by atoms with van der Waals surface area (Å²) in [4.78, 5) is 26.0. The number of carboxylic acid groups (broad SMARTS) is 1. The fourth-order valence-corrected chi connectivity index (χ4v) is 4.33. The molecule has 1 heterocycles. The molecule has 1 amide bonds. The molecular formula is C17H27NO4. The number of likely N-dealkylation sites (tertiary alicyclic amines) is 1. The molecular weight excluding hydrogens is 282 g/mol. The molecule has 0 radical (unpaired) electrons. The Morgan fingerprint density at radius 2 is 1.91 bits per heavy atom. The molecule has 1 spiro atoms. The lowest BCUT2D eigenvalue weighted by Gasteiger charge is -2.45. The van der Waals surface area contributed by atoms with E-state index in [1.54, 1.807) is 0 Å².